The van der Waals surface area contributed by atoms with Gasteiger partial charge in [0, 0.05) is 0 Å². The van der Waals surface area contributed by atoms with E-state index in [2.05, 4.69) is 0 Å². The van der Waals surface area contributed by atoms with Gasteiger partial charge in [0.1, 0.15) is 6.61 Å². The van der Waals surface area contributed by atoms with E-state index in [1.165, 1.54) is 0 Å². The zero-order valence-electron chi connectivity index (χ0n) is 9.00. The molecule has 0 saturated heterocycles. The van der Waals surface area contributed by atoms with E-state index < -0.39 is 21.8 Å². The second-order valence-electron chi connectivity index (χ2n) is 3.36. The number of ether oxygens (including phenoxy) is 1. The number of rotatable bonds is 5. The molecule has 90 valence electrons. The van der Waals surface area contributed by atoms with Crippen molar-refractivity contribution in [2.75, 3.05) is 5.75 Å². The summed E-state index contributed by atoms with van der Waals surface area (Å²) in [7, 11) is 1.14. The van der Waals surface area contributed by atoms with E-state index in [1.54, 1.807) is 24.3 Å². The highest BCUT2D eigenvalue weighted by atomic mass is 32.2. The molecule has 0 aliphatic carbocycles. The summed E-state index contributed by atoms with van der Waals surface area (Å²) in [6.45, 7) is -0.0677. The minimum Gasteiger partial charge on any atom is -0.460 e. The molecule has 0 aromatic heterocycles. The maximum Gasteiger partial charge on any atom is 0.323 e. The molecule has 1 aromatic carbocycles. The molecule has 1 N–H and O–H groups in total. The number of hydrogen-bond donors (Lipinski definition) is 1. The topological polar surface area (TPSA) is 80.7 Å². The van der Waals surface area contributed by atoms with E-state index in [1.807, 2.05) is 0 Å². The van der Waals surface area contributed by atoms with Crippen LogP contribution in [0, 0.1) is 0 Å². The fraction of sp³-hybridized carbons (Fsp3) is 0.300. The Morgan fingerprint density at radius 2 is 1.88 bits per heavy atom. The lowest BCUT2D eigenvalue weighted by Gasteiger charge is -2.08. The van der Waals surface area contributed by atoms with Gasteiger partial charge in [0.25, 0.3) is 10.1 Å². The van der Waals surface area contributed by atoms with Crippen molar-refractivity contribution < 1.29 is 22.5 Å². The average molecular weight is 254 g/mol. The fourth-order valence-corrected chi connectivity index (χ4v) is 1.63. The van der Waals surface area contributed by atoms with Gasteiger partial charge in [0.05, 0.1) is 7.85 Å². The molecular formula is C10H11BO5S. The maximum atomic E-state index is 11.0. The van der Waals surface area contributed by atoms with Crippen LogP contribution in [0.2, 0.25) is 0 Å². The van der Waals surface area contributed by atoms with Gasteiger partial charge < -0.3 is 4.74 Å². The molecule has 0 fully saturated rings. The Bertz CT molecular complexity index is 497. The molecule has 0 aliphatic heterocycles. The molecule has 5 nitrogen and oxygen atoms in total. The Labute approximate surface area is 101 Å². The third-order valence-electron chi connectivity index (χ3n) is 2.03. The van der Waals surface area contributed by atoms with Crippen LogP contribution in [0.4, 0.5) is 0 Å². The van der Waals surface area contributed by atoms with Gasteiger partial charge in [-0.1, -0.05) is 30.6 Å². The van der Waals surface area contributed by atoms with Gasteiger partial charge >= 0.3 is 5.97 Å². The molecule has 0 unspecified atom stereocenters. The minimum atomic E-state index is -4.34. The van der Waals surface area contributed by atoms with Crippen molar-refractivity contribution in [1.29, 1.82) is 0 Å². The fourth-order valence-electron chi connectivity index (χ4n) is 1.25. The molecule has 17 heavy (non-hydrogen) atoms. The van der Waals surface area contributed by atoms with E-state index in [9.17, 15) is 13.2 Å². The van der Waals surface area contributed by atoms with Crippen molar-refractivity contribution in [2.24, 2.45) is 0 Å². The molecule has 0 atom stereocenters. The minimum absolute atomic E-state index is 0.0677. The molecule has 0 amide bonds. The normalized spacial score (nSPS) is 11.1. The molecule has 0 bridgehead atoms. The summed E-state index contributed by atoms with van der Waals surface area (Å²) in [4.78, 5) is 11.0. The zero-order chi connectivity index (χ0) is 12.9. The third kappa shape index (κ3) is 5.01. The predicted octanol–water partition coefficient (Wildman–Crippen LogP) is 0.286. The monoisotopic (exact) mass is 254 g/mol. The highest BCUT2D eigenvalue weighted by Gasteiger charge is 2.14. The van der Waals surface area contributed by atoms with Crippen LogP contribution in [0.3, 0.4) is 0 Å². The van der Waals surface area contributed by atoms with Gasteiger partial charge in [-0.2, -0.15) is 8.42 Å². The average Bonchev–Trinajstić information content (AvgIpc) is 2.24. The van der Waals surface area contributed by atoms with Crippen molar-refractivity contribution in [3.8, 4) is 0 Å². The second kappa shape index (κ2) is 5.83. The van der Waals surface area contributed by atoms with Crippen LogP contribution in [0.15, 0.2) is 24.3 Å². The van der Waals surface area contributed by atoms with Crippen LogP contribution in [-0.4, -0.2) is 32.5 Å². The van der Waals surface area contributed by atoms with Crippen molar-refractivity contribution in [3.05, 3.63) is 35.4 Å². The standard InChI is InChI=1S/C10H11BO5S/c11-5-8-3-1-2-4-9(8)6-16-10(12)7-17(13,14)15/h1-4H,5-7H2,(H,13,14,15). The Balaban J connectivity index is 2.59. The number of esters is 1. The van der Waals surface area contributed by atoms with E-state index in [-0.39, 0.29) is 6.61 Å². The highest BCUT2D eigenvalue weighted by molar-refractivity contribution is 7.86. The van der Waals surface area contributed by atoms with Crippen LogP contribution < -0.4 is 0 Å². The summed E-state index contributed by atoms with van der Waals surface area (Å²) in [6.07, 6.45) is 0.298. The summed E-state index contributed by atoms with van der Waals surface area (Å²) in [5.74, 6) is -2.04. The Morgan fingerprint density at radius 3 is 2.41 bits per heavy atom. The van der Waals surface area contributed by atoms with E-state index in [0.29, 0.717) is 11.9 Å². The highest BCUT2D eigenvalue weighted by Crippen LogP contribution is 2.09. The molecule has 0 heterocycles. The van der Waals surface area contributed by atoms with Crippen molar-refractivity contribution in [1.82, 2.24) is 0 Å². The number of carbonyl (C=O) groups is 1. The van der Waals surface area contributed by atoms with E-state index in [0.717, 1.165) is 5.56 Å². The van der Waals surface area contributed by atoms with Gasteiger partial charge in [-0.05, 0) is 11.1 Å². The Hall–Kier alpha value is -1.34. The number of hydrogen-bond acceptors (Lipinski definition) is 4. The van der Waals surface area contributed by atoms with Gasteiger partial charge in [-0.3, -0.25) is 9.35 Å². The first-order chi connectivity index (χ1) is 7.92. The molecule has 0 spiro atoms. The van der Waals surface area contributed by atoms with Crippen molar-refractivity contribution in [2.45, 2.75) is 12.9 Å². The molecule has 0 saturated carbocycles. The first kappa shape index (κ1) is 13.7. The van der Waals surface area contributed by atoms with Gasteiger partial charge in [0.15, 0.2) is 5.75 Å². The zero-order valence-corrected chi connectivity index (χ0v) is 9.81. The Morgan fingerprint density at radius 1 is 1.29 bits per heavy atom. The van der Waals surface area contributed by atoms with Crippen LogP contribution in [0.1, 0.15) is 11.1 Å². The molecule has 1 rings (SSSR count). The molecule has 1 aromatic rings. The summed E-state index contributed by atoms with van der Waals surface area (Å²) in [5.41, 5.74) is 1.52. The van der Waals surface area contributed by atoms with Crippen LogP contribution >= 0.6 is 0 Å². The van der Waals surface area contributed by atoms with Gasteiger partial charge in [-0.25, -0.2) is 0 Å². The predicted molar refractivity (Wildman–Crippen MR) is 62.1 cm³/mol. The van der Waals surface area contributed by atoms with Crippen molar-refractivity contribution in [3.63, 3.8) is 0 Å². The summed E-state index contributed by atoms with van der Waals surface area (Å²) < 4.78 is 34.0. The molecule has 7 heteroatoms. The lowest BCUT2D eigenvalue weighted by molar-refractivity contribution is -0.141. The molecule has 2 radical (unpaired) electrons. The smallest absolute Gasteiger partial charge is 0.323 e. The van der Waals surface area contributed by atoms with Crippen LogP contribution in [0.25, 0.3) is 0 Å². The quantitative estimate of drug-likeness (QED) is 0.464. The van der Waals surface area contributed by atoms with Gasteiger partial charge in [0.2, 0.25) is 0 Å². The third-order valence-corrected chi connectivity index (χ3v) is 2.63. The Kier molecular flexibility index (Phi) is 4.71. The summed E-state index contributed by atoms with van der Waals surface area (Å²) >= 11 is 0. The maximum absolute atomic E-state index is 11.0. The number of benzene rings is 1. The molecule has 0 aliphatic rings. The first-order valence-electron chi connectivity index (χ1n) is 4.80. The lowest BCUT2D eigenvalue weighted by Crippen LogP contribution is -2.17. The van der Waals surface area contributed by atoms with Crippen LogP contribution in [-0.2, 0) is 32.6 Å². The largest absolute Gasteiger partial charge is 0.460 e. The lowest BCUT2D eigenvalue weighted by atomic mass is 9.93. The van der Waals surface area contributed by atoms with Crippen LogP contribution in [0.5, 0.6) is 0 Å². The summed E-state index contributed by atoms with van der Waals surface area (Å²) in [6, 6.07) is 7.06. The van der Waals surface area contributed by atoms with E-state index >= 15 is 0 Å². The van der Waals surface area contributed by atoms with Crippen molar-refractivity contribution >= 4 is 23.9 Å². The first-order valence-corrected chi connectivity index (χ1v) is 6.41. The molecular weight excluding hydrogens is 243 g/mol. The van der Waals surface area contributed by atoms with Gasteiger partial charge in [-0.15, -0.1) is 0 Å². The summed E-state index contributed by atoms with van der Waals surface area (Å²) in [5, 5.41) is 0. The van der Waals surface area contributed by atoms with E-state index in [4.69, 9.17) is 17.1 Å². The second-order valence-corrected chi connectivity index (χ2v) is 4.81. The SMILES string of the molecule is [B]Cc1ccccc1COC(=O)CS(=O)(=O)O. The number of carbonyl (C=O) groups excluding carboxylic acids is 1.